The second kappa shape index (κ2) is 6.70. The topological polar surface area (TPSA) is 77.0 Å². The summed E-state index contributed by atoms with van der Waals surface area (Å²) in [6.45, 7) is 2.39. The number of hydrogen-bond donors (Lipinski definition) is 1. The molecule has 1 saturated heterocycles. The van der Waals surface area contributed by atoms with E-state index in [1.54, 1.807) is 6.20 Å². The van der Waals surface area contributed by atoms with Crippen LogP contribution in [0.3, 0.4) is 0 Å². The molecule has 0 spiro atoms. The lowest BCUT2D eigenvalue weighted by atomic mass is 9.95. The molecular formula is C16H21N5O. The van der Waals surface area contributed by atoms with Crippen molar-refractivity contribution in [3.05, 3.63) is 48.3 Å². The van der Waals surface area contributed by atoms with Crippen LogP contribution in [0.15, 0.2) is 42.7 Å². The Hall–Kier alpha value is -2.21. The van der Waals surface area contributed by atoms with Gasteiger partial charge in [-0.2, -0.15) is 0 Å². The third-order valence-electron chi connectivity index (χ3n) is 4.27. The number of benzene rings is 1. The first kappa shape index (κ1) is 14.7. The number of carbonyl (C=O) groups excluding carboxylic acids is 1. The molecule has 2 heterocycles. The van der Waals surface area contributed by atoms with Gasteiger partial charge in [-0.05, 0) is 24.3 Å². The van der Waals surface area contributed by atoms with E-state index in [2.05, 4.69) is 10.3 Å². The molecule has 1 aromatic carbocycles. The van der Waals surface area contributed by atoms with Gasteiger partial charge in [-0.3, -0.25) is 9.48 Å². The fourth-order valence-electron chi connectivity index (χ4n) is 2.93. The molecule has 1 atom stereocenters. The standard InChI is InChI=1S/C16H21N5O/c17-15(14-4-2-1-3-5-14)16(22)20-9-6-13(7-10-20)12-21-11-8-18-19-21/h1-5,8,11,13,15H,6-7,9-10,12,17H2/t15-/m1/s1. The van der Waals surface area contributed by atoms with Crippen LogP contribution in [0.2, 0.25) is 0 Å². The summed E-state index contributed by atoms with van der Waals surface area (Å²) >= 11 is 0. The molecule has 116 valence electrons. The van der Waals surface area contributed by atoms with Crippen molar-refractivity contribution in [2.45, 2.75) is 25.4 Å². The molecular weight excluding hydrogens is 278 g/mol. The van der Waals surface area contributed by atoms with Gasteiger partial charge in [-0.25, -0.2) is 0 Å². The summed E-state index contributed by atoms with van der Waals surface area (Å²) in [5.41, 5.74) is 6.97. The molecule has 1 aromatic heterocycles. The van der Waals surface area contributed by atoms with Crippen molar-refractivity contribution in [3.63, 3.8) is 0 Å². The minimum absolute atomic E-state index is 0.0189. The van der Waals surface area contributed by atoms with Crippen LogP contribution in [-0.2, 0) is 11.3 Å². The van der Waals surface area contributed by atoms with Crippen LogP contribution in [0.5, 0.6) is 0 Å². The zero-order valence-corrected chi connectivity index (χ0v) is 12.5. The maximum absolute atomic E-state index is 12.5. The first-order chi connectivity index (χ1) is 10.7. The summed E-state index contributed by atoms with van der Waals surface area (Å²) in [5.74, 6) is 0.559. The third-order valence-corrected chi connectivity index (χ3v) is 4.27. The molecule has 6 nitrogen and oxygen atoms in total. The number of nitrogens with two attached hydrogens (primary N) is 1. The molecule has 1 aliphatic heterocycles. The van der Waals surface area contributed by atoms with E-state index in [0.717, 1.165) is 38.0 Å². The molecule has 22 heavy (non-hydrogen) atoms. The smallest absolute Gasteiger partial charge is 0.244 e. The molecule has 0 bridgehead atoms. The van der Waals surface area contributed by atoms with Crippen molar-refractivity contribution >= 4 is 5.91 Å². The van der Waals surface area contributed by atoms with Crippen LogP contribution < -0.4 is 5.73 Å². The maximum Gasteiger partial charge on any atom is 0.244 e. The lowest BCUT2D eigenvalue weighted by molar-refractivity contribution is -0.134. The molecule has 0 aliphatic carbocycles. The number of hydrogen-bond acceptors (Lipinski definition) is 4. The summed E-state index contributed by atoms with van der Waals surface area (Å²) in [7, 11) is 0. The van der Waals surface area contributed by atoms with E-state index in [-0.39, 0.29) is 5.91 Å². The van der Waals surface area contributed by atoms with Gasteiger partial charge in [0.2, 0.25) is 5.91 Å². The molecule has 1 fully saturated rings. The van der Waals surface area contributed by atoms with Crippen LogP contribution >= 0.6 is 0 Å². The summed E-state index contributed by atoms with van der Waals surface area (Å²) in [6.07, 6.45) is 5.53. The fraction of sp³-hybridized carbons (Fsp3) is 0.438. The monoisotopic (exact) mass is 299 g/mol. The number of aromatic nitrogens is 3. The normalized spacial score (nSPS) is 17.4. The van der Waals surface area contributed by atoms with Gasteiger partial charge < -0.3 is 10.6 Å². The van der Waals surface area contributed by atoms with Crippen LogP contribution in [0.4, 0.5) is 0 Å². The molecule has 6 heteroatoms. The Morgan fingerprint density at radius 2 is 2.00 bits per heavy atom. The summed E-state index contributed by atoms with van der Waals surface area (Å²) in [4.78, 5) is 14.4. The molecule has 2 N–H and O–H groups in total. The van der Waals surface area contributed by atoms with Crippen molar-refractivity contribution in [3.8, 4) is 0 Å². The van der Waals surface area contributed by atoms with Gasteiger partial charge >= 0.3 is 0 Å². The number of likely N-dealkylation sites (tertiary alicyclic amines) is 1. The Morgan fingerprint density at radius 1 is 1.27 bits per heavy atom. The van der Waals surface area contributed by atoms with E-state index in [1.165, 1.54) is 0 Å². The predicted octanol–water partition coefficient (Wildman–Crippen LogP) is 1.22. The molecule has 1 amide bonds. The molecule has 1 aliphatic rings. The number of rotatable bonds is 4. The minimum atomic E-state index is -0.562. The van der Waals surface area contributed by atoms with Crippen molar-refractivity contribution in [2.24, 2.45) is 11.7 Å². The lowest BCUT2D eigenvalue weighted by Crippen LogP contribution is -2.43. The average Bonchev–Trinajstić information content (AvgIpc) is 3.08. The van der Waals surface area contributed by atoms with Crippen LogP contribution in [0.1, 0.15) is 24.4 Å². The Bertz CT molecular complexity index is 590. The Labute approximate surface area is 129 Å². The van der Waals surface area contributed by atoms with E-state index >= 15 is 0 Å². The Kier molecular flexibility index (Phi) is 4.48. The van der Waals surface area contributed by atoms with Gasteiger partial charge in [0.15, 0.2) is 0 Å². The molecule has 2 aromatic rings. The van der Waals surface area contributed by atoms with E-state index in [4.69, 9.17) is 5.73 Å². The highest BCUT2D eigenvalue weighted by molar-refractivity contribution is 5.83. The summed E-state index contributed by atoms with van der Waals surface area (Å²) < 4.78 is 1.86. The summed E-state index contributed by atoms with van der Waals surface area (Å²) in [6, 6.07) is 8.99. The maximum atomic E-state index is 12.5. The number of piperidine rings is 1. The highest BCUT2D eigenvalue weighted by Crippen LogP contribution is 2.21. The van der Waals surface area contributed by atoms with Gasteiger partial charge in [0, 0.05) is 25.8 Å². The van der Waals surface area contributed by atoms with Crippen LogP contribution in [-0.4, -0.2) is 38.9 Å². The zero-order valence-electron chi connectivity index (χ0n) is 12.5. The van der Waals surface area contributed by atoms with Crippen molar-refractivity contribution in [1.82, 2.24) is 19.9 Å². The first-order valence-corrected chi connectivity index (χ1v) is 7.67. The second-order valence-electron chi connectivity index (χ2n) is 5.78. The molecule has 0 radical (unpaired) electrons. The first-order valence-electron chi connectivity index (χ1n) is 7.67. The van der Waals surface area contributed by atoms with E-state index in [0.29, 0.717) is 5.92 Å². The lowest BCUT2D eigenvalue weighted by Gasteiger charge is -2.33. The highest BCUT2D eigenvalue weighted by atomic mass is 16.2. The zero-order chi connectivity index (χ0) is 15.4. The average molecular weight is 299 g/mol. The molecule has 3 rings (SSSR count). The van der Waals surface area contributed by atoms with Crippen LogP contribution in [0.25, 0.3) is 0 Å². The van der Waals surface area contributed by atoms with Gasteiger partial charge in [0.05, 0.1) is 6.20 Å². The van der Waals surface area contributed by atoms with Crippen molar-refractivity contribution in [1.29, 1.82) is 0 Å². The van der Waals surface area contributed by atoms with Gasteiger partial charge in [0.25, 0.3) is 0 Å². The highest BCUT2D eigenvalue weighted by Gasteiger charge is 2.27. The third kappa shape index (κ3) is 3.33. The summed E-state index contributed by atoms with van der Waals surface area (Å²) in [5, 5.41) is 7.82. The quantitative estimate of drug-likeness (QED) is 0.921. The Morgan fingerprint density at radius 3 is 2.64 bits per heavy atom. The number of carbonyl (C=O) groups is 1. The van der Waals surface area contributed by atoms with E-state index < -0.39 is 6.04 Å². The van der Waals surface area contributed by atoms with Crippen LogP contribution in [0, 0.1) is 5.92 Å². The largest absolute Gasteiger partial charge is 0.341 e. The Balaban J connectivity index is 1.53. The predicted molar refractivity (Wildman–Crippen MR) is 82.7 cm³/mol. The SMILES string of the molecule is N[C@@H](C(=O)N1CCC(Cn2ccnn2)CC1)c1ccccc1. The second-order valence-corrected chi connectivity index (χ2v) is 5.78. The number of amides is 1. The molecule has 0 saturated carbocycles. The van der Waals surface area contributed by atoms with E-state index in [1.807, 2.05) is 46.1 Å². The number of nitrogens with zero attached hydrogens (tertiary/aromatic N) is 4. The van der Waals surface area contributed by atoms with Crippen molar-refractivity contribution in [2.75, 3.05) is 13.1 Å². The van der Waals surface area contributed by atoms with Crippen molar-refractivity contribution < 1.29 is 4.79 Å². The minimum Gasteiger partial charge on any atom is -0.341 e. The fourth-order valence-corrected chi connectivity index (χ4v) is 2.93. The van der Waals surface area contributed by atoms with Gasteiger partial charge in [-0.15, -0.1) is 5.10 Å². The van der Waals surface area contributed by atoms with E-state index in [9.17, 15) is 4.79 Å². The van der Waals surface area contributed by atoms with Gasteiger partial charge in [0.1, 0.15) is 6.04 Å². The molecule has 0 unspecified atom stereocenters. The van der Waals surface area contributed by atoms with Gasteiger partial charge in [-0.1, -0.05) is 35.5 Å².